The lowest BCUT2D eigenvalue weighted by Gasteiger charge is -2.13. The smallest absolute Gasteiger partial charge is 0.224 e. The highest BCUT2D eigenvalue weighted by Crippen LogP contribution is 2.22. The molecule has 0 radical (unpaired) electrons. The SMILES string of the molecule is Cc1cc(C)c(NC(=O)CCC(=O)NCc2cncn2CC(C)C)c(C)c1. The van der Waals surface area contributed by atoms with Crippen LogP contribution in [0.1, 0.15) is 49.1 Å². The van der Waals surface area contributed by atoms with Gasteiger partial charge in [0, 0.05) is 31.3 Å². The van der Waals surface area contributed by atoms with Crippen LogP contribution in [-0.2, 0) is 22.7 Å². The van der Waals surface area contributed by atoms with Crippen molar-refractivity contribution in [3.05, 3.63) is 47.0 Å². The first kappa shape index (κ1) is 20.7. The second kappa shape index (κ2) is 9.35. The normalized spacial score (nSPS) is 10.9. The summed E-state index contributed by atoms with van der Waals surface area (Å²) in [5.74, 6) is 0.218. The number of hydrogen-bond donors (Lipinski definition) is 2. The second-order valence-electron chi connectivity index (χ2n) is 7.53. The monoisotopic (exact) mass is 370 g/mol. The van der Waals surface area contributed by atoms with Gasteiger partial charge in [-0.2, -0.15) is 0 Å². The lowest BCUT2D eigenvalue weighted by molar-refractivity contribution is -0.124. The van der Waals surface area contributed by atoms with E-state index >= 15 is 0 Å². The standard InChI is InChI=1S/C21H30N4O2/c1-14(2)12-25-13-22-10-18(25)11-23-19(26)6-7-20(27)24-21-16(4)8-15(3)9-17(21)5/h8-10,13-14H,6-7,11-12H2,1-5H3,(H,23,26)(H,24,27). The molecule has 0 spiro atoms. The molecule has 0 aliphatic carbocycles. The van der Waals surface area contributed by atoms with Crippen LogP contribution in [0.4, 0.5) is 5.69 Å². The molecule has 1 aromatic carbocycles. The molecule has 0 aliphatic rings. The Labute approximate surface area is 161 Å². The molecule has 27 heavy (non-hydrogen) atoms. The second-order valence-corrected chi connectivity index (χ2v) is 7.53. The van der Waals surface area contributed by atoms with Crippen molar-refractivity contribution in [1.82, 2.24) is 14.9 Å². The van der Waals surface area contributed by atoms with Crippen molar-refractivity contribution >= 4 is 17.5 Å². The Bertz CT molecular complexity index is 785. The largest absolute Gasteiger partial charge is 0.350 e. The molecule has 146 valence electrons. The van der Waals surface area contributed by atoms with Crippen molar-refractivity contribution in [3.63, 3.8) is 0 Å². The molecule has 0 unspecified atom stereocenters. The number of nitrogens with zero attached hydrogens (tertiary/aromatic N) is 2. The Hall–Kier alpha value is -2.63. The van der Waals surface area contributed by atoms with E-state index in [1.807, 2.05) is 37.5 Å². The van der Waals surface area contributed by atoms with Gasteiger partial charge in [0.05, 0.1) is 18.6 Å². The maximum absolute atomic E-state index is 12.2. The van der Waals surface area contributed by atoms with E-state index in [9.17, 15) is 9.59 Å². The molecule has 1 aromatic heterocycles. The summed E-state index contributed by atoms with van der Waals surface area (Å²) in [7, 11) is 0. The summed E-state index contributed by atoms with van der Waals surface area (Å²) in [5.41, 5.74) is 5.03. The Balaban J connectivity index is 1.80. The maximum atomic E-state index is 12.2. The van der Waals surface area contributed by atoms with Crippen LogP contribution in [0.25, 0.3) is 0 Å². The van der Waals surface area contributed by atoms with Crippen LogP contribution >= 0.6 is 0 Å². The molecule has 0 bridgehead atoms. The number of imidazole rings is 1. The van der Waals surface area contributed by atoms with Crippen LogP contribution in [0.2, 0.25) is 0 Å². The van der Waals surface area contributed by atoms with E-state index in [1.54, 1.807) is 12.5 Å². The molecule has 2 rings (SSSR count). The number of carbonyl (C=O) groups is 2. The first-order chi connectivity index (χ1) is 12.8. The van der Waals surface area contributed by atoms with Gasteiger partial charge in [0.2, 0.25) is 11.8 Å². The van der Waals surface area contributed by atoms with E-state index in [-0.39, 0.29) is 24.7 Å². The number of hydrogen-bond acceptors (Lipinski definition) is 3. The number of nitrogens with one attached hydrogen (secondary N) is 2. The fraction of sp³-hybridized carbons (Fsp3) is 0.476. The molecule has 0 saturated heterocycles. The fourth-order valence-electron chi connectivity index (χ4n) is 3.14. The number of aryl methyl sites for hydroxylation is 3. The summed E-state index contributed by atoms with van der Waals surface area (Å²) in [6.45, 7) is 11.5. The predicted octanol–water partition coefficient (Wildman–Crippen LogP) is 3.50. The first-order valence-electron chi connectivity index (χ1n) is 9.39. The zero-order valence-electron chi connectivity index (χ0n) is 16.9. The van der Waals surface area contributed by atoms with Gasteiger partial charge in [0.15, 0.2) is 0 Å². The molecule has 6 heteroatoms. The zero-order valence-corrected chi connectivity index (χ0v) is 16.9. The summed E-state index contributed by atoms with van der Waals surface area (Å²) in [5, 5.41) is 5.80. The minimum atomic E-state index is -0.148. The van der Waals surface area contributed by atoms with E-state index in [2.05, 4.69) is 29.5 Å². The topological polar surface area (TPSA) is 76.0 Å². The van der Waals surface area contributed by atoms with Gasteiger partial charge in [-0.3, -0.25) is 9.59 Å². The third-order valence-corrected chi connectivity index (χ3v) is 4.35. The van der Waals surface area contributed by atoms with Crippen LogP contribution in [-0.4, -0.2) is 21.4 Å². The highest BCUT2D eigenvalue weighted by Gasteiger charge is 2.11. The molecule has 0 atom stereocenters. The van der Waals surface area contributed by atoms with E-state index in [0.717, 1.165) is 29.1 Å². The Morgan fingerprint density at radius 1 is 1.07 bits per heavy atom. The van der Waals surface area contributed by atoms with Crippen LogP contribution in [0.3, 0.4) is 0 Å². The summed E-state index contributed by atoms with van der Waals surface area (Å²) in [6, 6.07) is 4.07. The molecule has 0 aliphatic heterocycles. The number of benzene rings is 1. The Morgan fingerprint density at radius 2 is 1.70 bits per heavy atom. The number of amides is 2. The van der Waals surface area contributed by atoms with Gasteiger partial charge >= 0.3 is 0 Å². The van der Waals surface area contributed by atoms with Crippen LogP contribution in [0, 0.1) is 26.7 Å². The van der Waals surface area contributed by atoms with E-state index in [4.69, 9.17) is 0 Å². The molecule has 0 fully saturated rings. The molecule has 2 aromatic rings. The Morgan fingerprint density at radius 3 is 2.33 bits per heavy atom. The number of aromatic nitrogens is 2. The maximum Gasteiger partial charge on any atom is 0.224 e. The highest BCUT2D eigenvalue weighted by molar-refractivity contribution is 5.94. The molecule has 6 nitrogen and oxygen atoms in total. The number of rotatable bonds is 8. The fourth-order valence-corrected chi connectivity index (χ4v) is 3.14. The summed E-state index contributed by atoms with van der Waals surface area (Å²) in [6.07, 6.45) is 3.86. The molecule has 2 N–H and O–H groups in total. The lowest BCUT2D eigenvalue weighted by atomic mass is 10.0. The third-order valence-electron chi connectivity index (χ3n) is 4.35. The van der Waals surface area contributed by atoms with Crippen LogP contribution < -0.4 is 10.6 Å². The van der Waals surface area contributed by atoms with Gasteiger partial charge in [0.1, 0.15) is 0 Å². The molecule has 1 heterocycles. The molecule has 0 saturated carbocycles. The van der Waals surface area contributed by atoms with Gasteiger partial charge in [-0.15, -0.1) is 0 Å². The van der Waals surface area contributed by atoms with Gasteiger partial charge in [0.25, 0.3) is 0 Å². The van der Waals surface area contributed by atoms with Crippen molar-refractivity contribution in [2.24, 2.45) is 5.92 Å². The van der Waals surface area contributed by atoms with Crippen LogP contribution in [0.5, 0.6) is 0 Å². The lowest BCUT2D eigenvalue weighted by Crippen LogP contribution is -2.26. The van der Waals surface area contributed by atoms with Crippen molar-refractivity contribution in [2.45, 2.75) is 60.5 Å². The van der Waals surface area contributed by atoms with Gasteiger partial charge < -0.3 is 15.2 Å². The van der Waals surface area contributed by atoms with Crippen molar-refractivity contribution in [2.75, 3.05) is 5.32 Å². The van der Waals surface area contributed by atoms with Crippen molar-refractivity contribution in [3.8, 4) is 0 Å². The van der Waals surface area contributed by atoms with Crippen molar-refractivity contribution < 1.29 is 9.59 Å². The van der Waals surface area contributed by atoms with E-state index in [0.29, 0.717) is 12.5 Å². The average Bonchev–Trinajstić information content (AvgIpc) is 3.00. The predicted molar refractivity (Wildman–Crippen MR) is 107 cm³/mol. The zero-order chi connectivity index (χ0) is 20.0. The summed E-state index contributed by atoms with van der Waals surface area (Å²) < 4.78 is 2.04. The summed E-state index contributed by atoms with van der Waals surface area (Å²) in [4.78, 5) is 28.4. The van der Waals surface area contributed by atoms with E-state index < -0.39 is 0 Å². The van der Waals surface area contributed by atoms with Gasteiger partial charge in [-0.25, -0.2) is 4.98 Å². The molecular formula is C21H30N4O2. The quantitative estimate of drug-likeness (QED) is 0.747. The minimum Gasteiger partial charge on any atom is -0.350 e. The highest BCUT2D eigenvalue weighted by atomic mass is 16.2. The first-order valence-corrected chi connectivity index (χ1v) is 9.39. The van der Waals surface area contributed by atoms with E-state index in [1.165, 1.54) is 5.56 Å². The third kappa shape index (κ3) is 6.24. The van der Waals surface area contributed by atoms with Crippen LogP contribution in [0.15, 0.2) is 24.7 Å². The van der Waals surface area contributed by atoms with Gasteiger partial charge in [-0.1, -0.05) is 31.5 Å². The molecule has 2 amide bonds. The number of anilines is 1. The summed E-state index contributed by atoms with van der Waals surface area (Å²) >= 11 is 0. The Kier molecular flexibility index (Phi) is 7.16. The molecular weight excluding hydrogens is 340 g/mol. The van der Waals surface area contributed by atoms with Crippen molar-refractivity contribution in [1.29, 1.82) is 0 Å². The number of carbonyl (C=O) groups excluding carboxylic acids is 2. The van der Waals surface area contributed by atoms with Gasteiger partial charge in [-0.05, 0) is 37.8 Å². The average molecular weight is 370 g/mol. The minimum absolute atomic E-state index is 0.139.